The number of aromatic nitrogens is 4. The Hall–Kier alpha value is -2.31. The fraction of sp³-hybridized carbons (Fsp3) is 0.417. The van der Waals surface area contributed by atoms with Crippen molar-refractivity contribution >= 4 is 17.3 Å². The fourth-order valence-electron chi connectivity index (χ4n) is 1.96. The van der Waals surface area contributed by atoms with E-state index in [9.17, 15) is 4.79 Å². The van der Waals surface area contributed by atoms with E-state index in [1.54, 1.807) is 10.9 Å². The zero-order chi connectivity index (χ0) is 14.0. The molecule has 2 heterocycles. The Morgan fingerprint density at radius 2 is 1.89 bits per heavy atom. The van der Waals surface area contributed by atoms with Crippen molar-refractivity contribution in [3.05, 3.63) is 23.8 Å². The smallest absolute Gasteiger partial charge is 0.276 e. The standard InChI is InChI=1S/C12H18N6O/c1-4-17-8(3)10(7-15-17)16-12(19)11-9(13)6-14-18(11)5-2/h6-7H,4-5,13H2,1-3H3,(H,16,19). The molecule has 0 saturated heterocycles. The van der Waals surface area contributed by atoms with Crippen LogP contribution in [0.2, 0.25) is 0 Å². The van der Waals surface area contributed by atoms with Crippen LogP contribution in [0.1, 0.15) is 30.0 Å². The third kappa shape index (κ3) is 2.31. The van der Waals surface area contributed by atoms with Gasteiger partial charge in [0.15, 0.2) is 0 Å². The van der Waals surface area contributed by atoms with Crippen molar-refractivity contribution in [2.45, 2.75) is 33.9 Å². The number of nitrogens with one attached hydrogen (secondary N) is 1. The van der Waals surface area contributed by atoms with E-state index in [0.29, 0.717) is 23.6 Å². The summed E-state index contributed by atoms with van der Waals surface area (Å²) in [6.07, 6.45) is 3.13. The minimum Gasteiger partial charge on any atom is -0.396 e. The summed E-state index contributed by atoms with van der Waals surface area (Å²) in [5, 5.41) is 11.1. The summed E-state index contributed by atoms with van der Waals surface area (Å²) in [4.78, 5) is 12.2. The summed E-state index contributed by atoms with van der Waals surface area (Å²) >= 11 is 0. The van der Waals surface area contributed by atoms with Gasteiger partial charge in [-0.3, -0.25) is 14.2 Å². The molecule has 0 aromatic carbocycles. The molecular formula is C12H18N6O. The maximum atomic E-state index is 12.2. The van der Waals surface area contributed by atoms with Crippen molar-refractivity contribution in [3.63, 3.8) is 0 Å². The molecule has 0 bridgehead atoms. The van der Waals surface area contributed by atoms with Crippen molar-refractivity contribution in [3.8, 4) is 0 Å². The number of carbonyl (C=O) groups is 1. The molecule has 102 valence electrons. The van der Waals surface area contributed by atoms with Gasteiger partial charge >= 0.3 is 0 Å². The number of nitrogens with zero attached hydrogens (tertiary/aromatic N) is 4. The van der Waals surface area contributed by atoms with Crippen LogP contribution in [0, 0.1) is 6.92 Å². The Kier molecular flexibility index (Phi) is 3.55. The summed E-state index contributed by atoms with van der Waals surface area (Å²) < 4.78 is 3.39. The van der Waals surface area contributed by atoms with Crippen molar-refractivity contribution in [1.82, 2.24) is 19.6 Å². The molecule has 0 atom stereocenters. The topological polar surface area (TPSA) is 90.8 Å². The van der Waals surface area contributed by atoms with Gasteiger partial charge in [-0.25, -0.2) is 0 Å². The number of hydrogen-bond donors (Lipinski definition) is 2. The number of amides is 1. The van der Waals surface area contributed by atoms with Crippen LogP contribution in [0.4, 0.5) is 11.4 Å². The maximum absolute atomic E-state index is 12.2. The van der Waals surface area contributed by atoms with E-state index >= 15 is 0 Å². The molecule has 19 heavy (non-hydrogen) atoms. The average Bonchev–Trinajstić information content (AvgIpc) is 2.93. The Morgan fingerprint density at radius 3 is 2.47 bits per heavy atom. The Labute approximate surface area is 111 Å². The predicted octanol–water partition coefficient (Wildman–Crippen LogP) is 1.26. The molecule has 3 N–H and O–H groups in total. The number of rotatable bonds is 4. The van der Waals surface area contributed by atoms with Crippen LogP contribution in [0.15, 0.2) is 12.4 Å². The third-order valence-corrected chi connectivity index (χ3v) is 3.03. The Bertz CT molecular complexity index is 597. The molecule has 0 spiro atoms. The lowest BCUT2D eigenvalue weighted by atomic mass is 10.3. The molecule has 7 heteroatoms. The molecular weight excluding hydrogens is 244 g/mol. The minimum atomic E-state index is -0.268. The van der Waals surface area contributed by atoms with E-state index in [-0.39, 0.29) is 5.91 Å². The van der Waals surface area contributed by atoms with Gasteiger partial charge in [-0.05, 0) is 20.8 Å². The van der Waals surface area contributed by atoms with Crippen molar-refractivity contribution in [1.29, 1.82) is 0 Å². The van der Waals surface area contributed by atoms with Crippen LogP contribution in [-0.2, 0) is 13.1 Å². The number of aryl methyl sites for hydroxylation is 2. The summed E-state index contributed by atoms with van der Waals surface area (Å²) in [6.45, 7) is 7.16. The van der Waals surface area contributed by atoms with E-state index < -0.39 is 0 Å². The maximum Gasteiger partial charge on any atom is 0.276 e. The van der Waals surface area contributed by atoms with Crippen LogP contribution >= 0.6 is 0 Å². The second-order valence-corrected chi connectivity index (χ2v) is 4.18. The summed E-state index contributed by atoms with van der Waals surface area (Å²) in [5.74, 6) is -0.268. The highest BCUT2D eigenvalue weighted by Gasteiger charge is 2.18. The van der Waals surface area contributed by atoms with Crippen LogP contribution in [0.3, 0.4) is 0 Å². The Morgan fingerprint density at radius 1 is 1.26 bits per heavy atom. The van der Waals surface area contributed by atoms with Crippen molar-refractivity contribution < 1.29 is 4.79 Å². The lowest BCUT2D eigenvalue weighted by Crippen LogP contribution is -2.19. The fourth-order valence-corrected chi connectivity index (χ4v) is 1.96. The van der Waals surface area contributed by atoms with E-state index in [1.807, 2.05) is 25.5 Å². The molecule has 2 aromatic heterocycles. The first-order valence-corrected chi connectivity index (χ1v) is 6.23. The quantitative estimate of drug-likeness (QED) is 0.867. The molecule has 0 aliphatic carbocycles. The molecule has 0 aliphatic rings. The molecule has 2 aromatic rings. The lowest BCUT2D eigenvalue weighted by molar-refractivity contribution is 0.101. The normalized spacial score (nSPS) is 10.7. The van der Waals surface area contributed by atoms with E-state index in [4.69, 9.17) is 5.73 Å². The number of hydrogen-bond acceptors (Lipinski definition) is 4. The van der Waals surface area contributed by atoms with Gasteiger partial charge in [0.1, 0.15) is 5.69 Å². The van der Waals surface area contributed by atoms with Crippen molar-refractivity contribution in [2.75, 3.05) is 11.1 Å². The van der Waals surface area contributed by atoms with Gasteiger partial charge in [0, 0.05) is 13.1 Å². The molecule has 0 saturated carbocycles. The van der Waals surface area contributed by atoms with Crippen LogP contribution in [-0.4, -0.2) is 25.5 Å². The van der Waals surface area contributed by atoms with E-state index in [2.05, 4.69) is 15.5 Å². The second-order valence-electron chi connectivity index (χ2n) is 4.18. The molecule has 2 rings (SSSR count). The van der Waals surface area contributed by atoms with Crippen LogP contribution in [0.5, 0.6) is 0 Å². The number of anilines is 2. The van der Waals surface area contributed by atoms with Crippen molar-refractivity contribution in [2.24, 2.45) is 0 Å². The highest BCUT2D eigenvalue weighted by atomic mass is 16.2. The van der Waals surface area contributed by atoms with E-state index in [0.717, 1.165) is 12.2 Å². The summed E-state index contributed by atoms with van der Waals surface area (Å²) in [7, 11) is 0. The summed E-state index contributed by atoms with van der Waals surface area (Å²) in [5.41, 5.74) is 8.14. The molecule has 0 unspecified atom stereocenters. The molecule has 7 nitrogen and oxygen atoms in total. The number of carbonyl (C=O) groups excluding carboxylic acids is 1. The van der Waals surface area contributed by atoms with E-state index in [1.165, 1.54) is 6.20 Å². The first-order valence-electron chi connectivity index (χ1n) is 6.23. The lowest BCUT2D eigenvalue weighted by Gasteiger charge is -2.07. The monoisotopic (exact) mass is 262 g/mol. The Balaban J connectivity index is 2.25. The van der Waals surface area contributed by atoms with Gasteiger partial charge in [-0.2, -0.15) is 10.2 Å². The van der Waals surface area contributed by atoms with Gasteiger partial charge in [0.05, 0.1) is 29.5 Å². The predicted molar refractivity (Wildman–Crippen MR) is 72.9 cm³/mol. The zero-order valence-electron chi connectivity index (χ0n) is 11.3. The first kappa shape index (κ1) is 13.1. The number of nitrogens with two attached hydrogens (primary N) is 1. The third-order valence-electron chi connectivity index (χ3n) is 3.03. The second kappa shape index (κ2) is 5.13. The molecule has 1 amide bonds. The highest BCUT2D eigenvalue weighted by Crippen LogP contribution is 2.17. The van der Waals surface area contributed by atoms with Gasteiger partial charge < -0.3 is 11.1 Å². The van der Waals surface area contributed by atoms with Gasteiger partial charge in [-0.1, -0.05) is 0 Å². The van der Waals surface area contributed by atoms with Gasteiger partial charge in [0.2, 0.25) is 0 Å². The minimum absolute atomic E-state index is 0.268. The van der Waals surface area contributed by atoms with Crippen LogP contribution in [0.25, 0.3) is 0 Å². The molecule has 0 fully saturated rings. The van der Waals surface area contributed by atoms with Gasteiger partial charge in [-0.15, -0.1) is 0 Å². The molecule has 0 radical (unpaired) electrons. The zero-order valence-corrected chi connectivity index (χ0v) is 11.3. The van der Waals surface area contributed by atoms with Gasteiger partial charge in [0.25, 0.3) is 5.91 Å². The first-order chi connectivity index (χ1) is 9.08. The average molecular weight is 262 g/mol. The molecule has 0 aliphatic heterocycles. The van der Waals surface area contributed by atoms with Crippen LogP contribution < -0.4 is 11.1 Å². The largest absolute Gasteiger partial charge is 0.396 e. The summed E-state index contributed by atoms with van der Waals surface area (Å²) in [6, 6.07) is 0. The highest BCUT2D eigenvalue weighted by molar-refractivity contribution is 6.06. The SMILES string of the molecule is CCn1ncc(NC(=O)c2c(N)cnn2CC)c1C. The number of nitrogen functional groups attached to an aromatic ring is 1.